The molecule has 0 saturated heterocycles. The van der Waals surface area contributed by atoms with Crippen LogP contribution in [-0.2, 0) is 17.8 Å². The second kappa shape index (κ2) is 8.74. The van der Waals surface area contributed by atoms with Crippen LogP contribution in [0.2, 0.25) is 0 Å². The molecule has 8 nitrogen and oxygen atoms in total. The minimum Gasteiger partial charge on any atom is -0.369 e. The molecule has 1 aromatic carbocycles. The Morgan fingerprint density at radius 3 is 2.81 bits per heavy atom. The zero-order chi connectivity index (χ0) is 22.1. The number of halogens is 1. The van der Waals surface area contributed by atoms with Gasteiger partial charge in [-0.25, -0.2) is 4.98 Å². The molecule has 164 valence electrons. The van der Waals surface area contributed by atoms with Crippen molar-refractivity contribution >= 4 is 39.3 Å². The molecule has 3 aromatic rings. The van der Waals surface area contributed by atoms with Crippen LogP contribution >= 0.6 is 15.9 Å². The number of aryl methyl sites for hydroxylation is 2. The summed E-state index contributed by atoms with van der Waals surface area (Å²) in [6.07, 6.45) is 11.5. The summed E-state index contributed by atoms with van der Waals surface area (Å²) >= 11 is 3.51. The number of fused-ring (bicyclic) bond motifs is 2. The summed E-state index contributed by atoms with van der Waals surface area (Å²) in [5, 5.41) is 11.1. The van der Waals surface area contributed by atoms with Crippen LogP contribution in [0.15, 0.2) is 65.5 Å². The van der Waals surface area contributed by atoms with Gasteiger partial charge in [0.25, 0.3) is 0 Å². The van der Waals surface area contributed by atoms with E-state index in [-0.39, 0.29) is 29.7 Å². The van der Waals surface area contributed by atoms with Gasteiger partial charge in [-0.05, 0) is 46.2 Å². The molecule has 2 bridgehead atoms. The fourth-order valence-electron chi connectivity index (χ4n) is 4.66. The molecule has 1 fully saturated rings. The minimum absolute atomic E-state index is 0.0673. The van der Waals surface area contributed by atoms with E-state index in [0.717, 1.165) is 29.5 Å². The second-order valence-corrected chi connectivity index (χ2v) is 9.14. The predicted octanol–water partition coefficient (Wildman–Crippen LogP) is 3.51. The Balaban J connectivity index is 1.26. The highest BCUT2D eigenvalue weighted by Crippen LogP contribution is 2.45. The van der Waals surface area contributed by atoms with Gasteiger partial charge in [0.05, 0.1) is 22.3 Å². The van der Waals surface area contributed by atoms with Crippen LogP contribution in [0.4, 0.5) is 17.5 Å². The van der Waals surface area contributed by atoms with Gasteiger partial charge in [0, 0.05) is 25.0 Å². The highest BCUT2D eigenvalue weighted by molar-refractivity contribution is 9.10. The first-order valence-corrected chi connectivity index (χ1v) is 11.5. The lowest BCUT2D eigenvalue weighted by molar-refractivity contribution is -0.122. The number of benzene rings is 1. The number of hydrogen-bond donors (Lipinski definition) is 3. The molecule has 2 aromatic heterocycles. The predicted molar refractivity (Wildman–Crippen MR) is 126 cm³/mol. The van der Waals surface area contributed by atoms with Crippen LogP contribution in [-0.4, -0.2) is 31.7 Å². The smallest absolute Gasteiger partial charge is 0.229 e. The van der Waals surface area contributed by atoms with Crippen molar-refractivity contribution in [2.75, 3.05) is 10.6 Å². The number of primary amides is 1. The minimum atomic E-state index is -0.272. The number of nitrogens with zero attached hydrogens (tertiary/aromatic N) is 4. The number of nitrogens with two attached hydrogens (primary N) is 1. The maximum absolute atomic E-state index is 12.0. The summed E-state index contributed by atoms with van der Waals surface area (Å²) in [5.41, 5.74) is 7.77. The second-order valence-electron chi connectivity index (χ2n) is 8.29. The van der Waals surface area contributed by atoms with Crippen molar-refractivity contribution < 1.29 is 4.79 Å². The maximum atomic E-state index is 12.0. The van der Waals surface area contributed by atoms with Gasteiger partial charge in [0.2, 0.25) is 11.9 Å². The molecule has 1 amide bonds. The Morgan fingerprint density at radius 2 is 2.00 bits per heavy atom. The molecular formula is C23H24BrN7O. The van der Waals surface area contributed by atoms with Crippen molar-refractivity contribution in [1.82, 2.24) is 19.7 Å². The first-order valence-electron chi connectivity index (χ1n) is 10.7. The number of anilines is 3. The molecular weight excluding hydrogens is 470 g/mol. The van der Waals surface area contributed by atoms with E-state index in [9.17, 15) is 4.79 Å². The van der Waals surface area contributed by atoms with Gasteiger partial charge >= 0.3 is 0 Å². The van der Waals surface area contributed by atoms with Crippen molar-refractivity contribution in [3.8, 4) is 0 Å². The van der Waals surface area contributed by atoms with E-state index in [4.69, 9.17) is 5.73 Å². The molecule has 32 heavy (non-hydrogen) atoms. The largest absolute Gasteiger partial charge is 0.369 e. The molecule has 0 radical (unpaired) electrons. The van der Waals surface area contributed by atoms with Crippen LogP contribution in [0.3, 0.4) is 0 Å². The first-order chi connectivity index (χ1) is 15.6. The molecule has 4 N–H and O–H groups in total. The average Bonchev–Trinajstić information content (AvgIpc) is 3.52. The van der Waals surface area contributed by atoms with Crippen LogP contribution in [0.1, 0.15) is 12.0 Å². The lowest BCUT2D eigenvalue weighted by atomic mass is 9.88. The molecule has 1 saturated carbocycles. The topological polar surface area (TPSA) is 111 Å². The van der Waals surface area contributed by atoms with Crippen molar-refractivity contribution in [3.05, 3.63) is 71.1 Å². The van der Waals surface area contributed by atoms with Gasteiger partial charge in [0.15, 0.2) is 0 Å². The normalized spacial score (nSPS) is 23.4. The number of carbonyl (C=O) groups is 1. The third kappa shape index (κ3) is 4.25. The number of carbonyl (C=O) groups excluding carboxylic acids is 1. The lowest BCUT2D eigenvalue weighted by Gasteiger charge is -2.27. The quantitative estimate of drug-likeness (QED) is 0.414. The van der Waals surface area contributed by atoms with E-state index >= 15 is 0 Å². The summed E-state index contributed by atoms with van der Waals surface area (Å²) in [4.78, 5) is 21.0. The standard InChI is InChI=1S/C23H24BrN7O/c24-18-12-26-23(28-17-11-27-31(13-17)9-8-14-4-2-1-3-5-14)30-22(18)29-20-16-7-6-15(10-16)19(20)21(25)32/h1-7,11-13,15-16,19-20H,8-10H2,(H2,25,32)(H2,26,28,29,30)/t15-,16+,19+,20-/m1/s1. The average molecular weight is 494 g/mol. The van der Waals surface area contributed by atoms with Gasteiger partial charge < -0.3 is 16.4 Å². The van der Waals surface area contributed by atoms with Crippen molar-refractivity contribution in [2.45, 2.75) is 25.4 Å². The van der Waals surface area contributed by atoms with E-state index < -0.39 is 0 Å². The van der Waals surface area contributed by atoms with Gasteiger partial charge in [-0.3, -0.25) is 9.48 Å². The third-order valence-electron chi connectivity index (χ3n) is 6.20. The molecule has 2 aliphatic rings. The molecule has 0 unspecified atom stereocenters. The first kappa shape index (κ1) is 20.7. The van der Waals surface area contributed by atoms with Crippen molar-refractivity contribution in [1.29, 1.82) is 0 Å². The van der Waals surface area contributed by atoms with E-state index in [1.165, 1.54) is 5.56 Å². The van der Waals surface area contributed by atoms with E-state index in [1.54, 1.807) is 12.4 Å². The summed E-state index contributed by atoms with van der Waals surface area (Å²) in [6, 6.07) is 10.3. The van der Waals surface area contributed by atoms with E-state index in [2.05, 4.69) is 65.9 Å². The molecule has 2 aliphatic carbocycles. The summed E-state index contributed by atoms with van der Waals surface area (Å²) in [7, 11) is 0. The Kier molecular flexibility index (Phi) is 5.65. The number of nitrogens with one attached hydrogen (secondary N) is 2. The molecule has 0 spiro atoms. The maximum Gasteiger partial charge on any atom is 0.229 e. The number of aromatic nitrogens is 4. The summed E-state index contributed by atoms with van der Waals surface area (Å²) in [6.45, 7) is 0.784. The molecule has 5 rings (SSSR count). The zero-order valence-corrected chi connectivity index (χ0v) is 18.9. The lowest BCUT2D eigenvalue weighted by Crippen LogP contribution is -2.41. The van der Waals surface area contributed by atoms with Crippen molar-refractivity contribution in [3.63, 3.8) is 0 Å². The number of rotatable bonds is 8. The SMILES string of the molecule is NC(=O)[C@@H]1[C@H](Nc2nc(Nc3cnn(CCc4ccccc4)c3)ncc2Br)[C@H]2C=C[C@@H]1C2. The van der Waals surface area contributed by atoms with Crippen LogP contribution in [0.5, 0.6) is 0 Å². The van der Waals surface area contributed by atoms with Crippen LogP contribution in [0.25, 0.3) is 0 Å². The van der Waals surface area contributed by atoms with E-state index in [1.807, 2.05) is 29.1 Å². The van der Waals surface area contributed by atoms with Crippen molar-refractivity contribution in [2.24, 2.45) is 23.5 Å². The highest BCUT2D eigenvalue weighted by Gasteiger charge is 2.47. The Morgan fingerprint density at radius 1 is 1.19 bits per heavy atom. The monoisotopic (exact) mass is 493 g/mol. The number of allylic oxidation sites excluding steroid dienone is 1. The third-order valence-corrected chi connectivity index (χ3v) is 6.78. The molecule has 2 heterocycles. The van der Waals surface area contributed by atoms with Crippen LogP contribution in [0, 0.1) is 17.8 Å². The number of amides is 1. The van der Waals surface area contributed by atoms with Gasteiger partial charge in [-0.1, -0.05) is 42.5 Å². The van der Waals surface area contributed by atoms with Crippen LogP contribution < -0.4 is 16.4 Å². The molecule has 4 atom stereocenters. The molecule has 9 heteroatoms. The fourth-order valence-corrected chi connectivity index (χ4v) is 4.97. The Hall–Kier alpha value is -3.20. The van der Waals surface area contributed by atoms with Gasteiger partial charge in [0.1, 0.15) is 5.82 Å². The summed E-state index contributed by atoms with van der Waals surface area (Å²) in [5.74, 6) is 1.06. The van der Waals surface area contributed by atoms with Gasteiger partial charge in [-0.15, -0.1) is 0 Å². The van der Waals surface area contributed by atoms with Gasteiger partial charge in [-0.2, -0.15) is 10.1 Å². The Labute approximate surface area is 194 Å². The fraction of sp³-hybridized carbons (Fsp3) is 0.304. The zero-order valence-electron chi connectivity index (χ0n) is 17.4. The highest BCUT2D eigenvalue weighted by atomic mass is 79.9. The van der Waals surface area contributed by atoms with E-state index in [0.29, 0.717) is 11.8 Å². The Bertz CT molecular complexity index is 1150. The number of hydrogen-bond acceptors (Lipinski definition) is 6. The summed E-state index contributed by atoms with van der Waals surface area (Å²) < 4.78 is 2.63. The molecule has 0 aliphatic heterocycles.